The Bertz CT molecular complexity index is 1260. The van der Waals surface area contributed by atoms with Gasteiger partial charge in [0.05, 0.1) is 35.7 Å². The quantitative estimate of drug-likeness (QED) is 0.138. The number of nitrogens with one attached hydrogen (secondary N) is 2. The molecule has 1 heterocycles. The molecule has 2 atom stereocenters. The molecule has 0 saturated heterocycles. The molecule has 11 nitrogen and oxygen atoms in total. The van der Waals surface area contributed by atoms with Gasteiger partial charge in [0.15, 0.2) is 0 Å². The van der Waals surface area contributed by atoms with Gasteiger partial charge in [-0.3, -0.25) is 10.1 Å². The molecule has 0 amide bonds. The summed E-state index contributed by atoms with van der Waals surface area (Å²) in [6.07, 6.45) is 0.587. The molecule has 3 N–H and O–H groups in total. The van der Waals surface area contributed by atoms with Gasteiger partial charge in [0.25, 0.3) is 5.69 Å². The highest BCUT2D eigenvalue weighted by Gasteiger charge is 2.38. The van der Waals surface area contributed by atoms with Crippen LogP contribution in [0.3, 0.4) is 0 Å². The van der Waals surface area contributed by atoms with Gasteiger partial charge < -0.3 is 30.0 Å². The Hall–Kier alpha value is -4.22. The van der Waals surface area contributed by atoms with E-state index in [0.717, 1.165) is 0 Å². The number of nitro groups is 1. The van der Waals surface area contributed by atoms with Crippen LogP contribution in [0.15, 0.2) is 77.1 Å². The van der Waals surface area contributed by atoms with Crippen molar-refractivity contribution >= 4 is 17.6 Å². The Morgan fingerprint density at radius 1 is 1.05 bits per heavy atom. The number of methoxy groups -OCH3 is 1. The number of unbranched alkanes of at least 4 members (excludes halogenated alkanes) is 1. The third-order valence-electron chi connectivity index (χ3n) is 6.35. The molecule has 11 heteroatoms. The lowest BCUT2D eigenvalue weighted by molar-refractivity contribution is -0.384. The van der Waals surface area contributed by atoms with Gasteiger partial charge in [0.1, 0.15) is 18.5 Å². The number of rotatable bonds is 14. The van der Waals surface area contributed by atoms with E-state index in [1.165, 1.54) is 25.3 Å². The van der Waals surface area contributed by atoms with Crippen molar-refractivity contribution in [3.05, 3.63) is 92.8 Å². The van der Waals surface area contributed by atoms with E-state index in [4.69, 9.17) is 14.2 Å². The van der Waals surface area contributed by atoms with E-state index in [1.54, 1.807) is 19.9 Å². The monoisotopic (exact) mass is 553 g/mol. The van der Waals surface area contributed by atoms with Crippen LogP contribution in [-0.2, 0) is 19.1 Å². The van der Waals surface area contributed by atoms with Crippen LogP contribution in [0.25, 0.3) is 0 Å². The number of para-hydroxylation sites is 1. The number of carbonyl (C=O) groups is 2. The first kappa shape index (κ1) is 30.3. The number of carbonyl (C=O) groups excluding carboxylic acids is 2. The van der Waals surface area contributed by atoms with Crippen molar-refractivity contribution in [1.29, 1.82) is 0 Å². The number of nitrogens with zero attached hydrogens (tertiary/aromatic N) is 1. The minimum absolute atomic E-state index is 0.134. The molecule has 40 heavy (non-hydrogen) atoms. The predicted octanol–water partition coefficient (Wildman–Crippen LogP) is 3.36. The van der Waals surface area contributed by atoms with Gasteiger partial charge in [-0.15, -0.1) is 0 Å². The third-order valence-corrected chi connectivity index (χ3v) is 6.35. The van der Waals surface area contributed by atoms with Crippen molar-refractivity contribution in [3.63, 3.8) is 0 Å². The van der Waals surface area contributed by atoms with Crippen molar-refractivity contribution in [3.8, 4) is 5.75 Å². The van der Waals surface area contributed by atoms with E-state index in [0.29, 0.717) is 48.6 Å². The van der Waals surface area contributed by atoms with Crippen molar-refractivity contribution in [1.82, 2.24) is 10.6 Å². The minimum Gasteiger partial charge on any atom is -0.491 e. The maximum Gasteiger partial charge on any atom is 0.336 e. The number of dihydropyridines is 1. The normalized spacial score (nSPS) is 15.8. The molecule has 1 aliphatic heterocycles. The van der Waals surface area contributed by atoms with Gasteiger partial charge >= 0.3 is 11.9 Å². The molecule has 2 aromatic carbocycles. The van der Waals surface area contributed by atoms with Gasteiger partial charge in [-0.25, -0.2) is 9.59 Å². The molecule has 0 radical (unpaired) electrons. The van der Waals surface area contributed by atoms with Gasteiger partial charge in [-0.2, -0.15) is 0 Å². The minimum atomic E-state index is -0.901. The second-order valence-corrected chi connectivity index (χ2v) is 9.30. The van der Waals surface area contributed by atoms with Crippen molar-refractivity contribution in [2.45, 2.75) is 38.7 Å². The second kappa shape index (κ2) is 14.8. The van der Waals surface area contributed by atoms with Crippen LogP contribution in [0.4, 0.5) is 5.69 Å². The lowest BCUT2D eigenvalue weighted by Gasteiger charge is -2.30. The zero-order valence-electron chi connectivity index (χ0n) is 22.8. The molecular weight excluding hydrogens is 518 g/mol. The summed E-state index contributed by atoms with van der Waals surface area (Å²) in [7, 11) is 1.24. The Balaban J connectivity index is 1.55. The molecule has 2 aromatic rings. The summed E-state index contributed by atoms with van der Waals surface area (Å²) in [5, 5.41) is 27.7. The van der Waals surface area contributed by atoms with Crippen LogP contribution in [0.2, 0.25) is 0 Å². The van der Waals surface area contributed by atoms with Gasteiger partial charge in [0, 0.05) is 30.1 Å². The molecule has 0 aromatic heterocycles. The average Bonchev–Trinajstić information content (AvgIpc) is 2.95. The fourth-order valence-electron chi connectivity index (χ4n) is 4.43. The standard InChI is InChI=1S/C29H35N3O8/c1-19-25(28(34)38-3)27(21-10-9-11-22(16-21)32(36)37)26(20(2)31-19)29(35)39-15-8-7-14-30-17-23(33)18-40-24-12-5-4-6-13-24/h4-6,9-13,16,23,27,30-31,33H,7-8,14-15,17-18H2,1-3H3/t23-,27?/m1/s1. The van der Waals surface area contributed by atoms with Crippen molar-refractivity contribution in [2.24, 2.45) is 0 Å². The molecule has 0 fully saturated rings. The molecular formula is C29H35N3O8. The number of ether oxygens (including phenoxy) is 3. The molecule has 3 rings (SSSR count). The van der Waals surface area contributed by atoms with E-state index in [9.17, 15) is 24.8 Å². The summed E-state index contributed by atoms with van der Waals surface area (Å²) in [5.41, 5.74) is 1.58. The molecule has 0 bridgehead atoms. The number of aliphatic hydroxyl groups excluding tert-OH is 1. The molecule has 1 aliphatic rings. The summed E-state index contributed by atoms with van der Waals surface area (Å²) in [5.74, 6) is -1.49. The van der Waals surface area contributed by atoms with Gasteiger partial charge in [0.2, 0.25) is 0 Å². The van der Waals surface area contributed by atoms with E-state index < -0.39 is 28.9 Å². The molecule has 1 unspecified atom stereocenters. The fraction of sp³-hybridized carbons (Fsp3) is 0.379. The number of allylic oxidation sites excluding steroid dienone is 2. The highest BCUT2D eigenvalue weighted by molar-refractivity contribution is 5.99. The highest BCUT2D eigenvalue weighted by Crippen LogP contribution is 2.40. The van der Waals surface area contributed by atoms with Crippen molar-refractivity contribution in [2.75, 3.05) is 33.4 Å². The van der Waals surface area contributed by atoms with Gasteiger partial charge in [-0.1, -0.05) is 30.3 Å². The summed E-state index contributed by atoms with van der Waals surface area (Å²) in [4.78, 5) is 36.8. The number of esters is 2. The zero-order chi connectivity index (χ0) is 29.1. The Morgan fingerprint density at radius 3 is 2.42 bits per heavy atom. The number of benzene rings is 2. The largest absolute Gasteiger partial charge is 0.491 e. The Labute approximate surface area is 233 Å². The predicted molar refractivity (Wildman–Crippen MR) is 147 cm³/mol. The van der Waals surface area contributed by atoms with Gasteiger partial charge in [-0.05, 0) is 50.9 Å². The molecule has 0 aliphatic carbocycles. The number of nitro benzene ring substituents is 1. The summed E-state index contributed by atoms with van der Waals surface area (Å²) >= 11 is 0. The van der Waals surface area contributed by atoms with E-state index in [2.05, 4.69) is 10.6 Å². The average molecular weight is 554 g/mol. The number of hydrogen-bond donors (Lipinski definition) is 3. The molecule has 0 saturated carbocycles. The third kappa shape index (κ3) is 8.14. The second-order valence-electron chi connectivity index (χ2n) is 9.30. The zero-order valence-corrected chi connectivity index (χ0v) is 22.8. The first-order valence-corrected chi connectivity index (χ1v) is 13.0. The van der Waals surface area contributed by atoms with E-state index in [-0.39, 0.29) is 30.0 Å². The number of non-ortho nitro benzene ring substituents is 1. The first-order chi connectivity index (χ1) is 19.2. The summed E-state index contributed by atoms with van der Waals surface area (Å²) in [6.45, 7) is 4.64. The maximum absolute atomic E-state index is 13.3. The SMILES string of the molecule is COC(=O)C1=C(C)NC(C)=C(C(=O)OCCCCNC[C@@H](O)COc2ccccc2)C1c1cccc([N+](=O)[O-])c1. The lowest BCUT2D eigenvalue weighted by Crippen LogP contribution is -2.32. The van der Waals surface area contributed by atoms with E-state index in [1.807, 2.05) is 30.3 Å². The van der Waals surface area contributed by atoms with Crippen LogP contribution in [0.1, 0.15) is 38.2 Å². The van der Waals surface area contributed by atoms with Crippen LogP contribution < -0.4 is 15.4 Å². The Morgan fingerprint density at radius 2 is 1.75 bits per heavy atom. The molecule has 0 spiro atoms. The van der Waals surface area contributed by atoms with Crippen LogP contribution in [-0.4, -0.2) is 61.5 Å². The molecule has 214 valence electrons. The number of hydrogen-bond acceptors (Lipinski definition) is 10. The topological polar surface area (TPSA) is 149 Å². The smallest absolute Gasteiger partial charge is 0.336 e. The Kier molecular flexibility index (Phi) is 11.2. The highest BCUT2D eigenvalue weighted by atomic mass is 16.6. The van der Waals surface area contributed by atoms with Crippen LogP contribution >= 0.6 is 0 Å². The van der Waals surface area contributed by atoms with Crippen LogP contribution in [0.5, 0.6) is 5.75 Å². The summed E-state index contributed by atoms with van der Waals surface area (Å²) < 4.78 is 16.0. The van der Waals surface area contributed by atoms with E-state index >= 15 is 0 Å². The maximum atomic E-state index is 13.3. The van der Waals surface area contributed by atoms with Crippen LogP contribution in [0, 0.1) is 10.1 Å². The van der Waals surface area contributed by atoms with Crippen molar-refractivity contribution < 1.29 is 33.8 Å². The number of aliphatic hydroxyl groups is 1. The summed E-state index contributed by atoms with van der Waals surface area (Å²) in [6, 6.07) is 15.1. The first-order valence-electron chi connectivity index (χ1n) is 13.0. The fourth-order valence-corrected chi connectivity index (χ4v) is 4.43. The lowest BCUT2D eigenvalue weighted by atomic mass is 9.80.